The number of amides is 2. The molecule has 3 aromatic rings. The Morgan fingerprint density at radius 3 is 2.38 bits per heavy atom. The van der Waals surface area contributed by atoms with Gasteiger partial charge in [-0.25, -0.2) is 0 Å². The minimum atomic E-state index is -0.660. The molecule has 1 atom stereocenters. The van der Waals surface area contributed by atoms with E-state index in [1.54, 1.807) is 12.3 Å². The van der Waals surface area contributed by atoms with Crippen molar-refractivity contribution in [3.63, 3.8) is 0 Å². The number of aromatic nitrogens is 1. The maximum Gasteiger partial charge on any atom is 0.313 e. The van der Waals surface area contributed by atoms with Gasteiger partial charge < -0.3 is 15.5 Å². The van der Waals surface area contributed by atoms with Crippen molar-refractivity contribution in [2.24, 2.45) is 0 Å². The summed E-state index contributed by atoms with van der Waals surface area (Å²) in [5.41, 5.74) is 4.90. The molecule has 1 fully saturated rings. The monoisotopic (exact) mass is 457 g/mol. The summed E-state index contributed by atoms with van der Waals surface area (Å²) >= 11 is 0. The normalized spacial score (nSPS) is 14.9. The molecule has 4 rings (SSSR count). The first-order valence-corrected chi connectivity index (χ1v) is 11.6. The molecule has 2 heterocycles. The molecule has 0 unspecified atom stereocenters. The predicted octanol–water partition coefficient (Wildman–Crippen LogP) is 3.32. The molecule has 34 heavy (non-hydrogen) atoms. The Morgan fingerprint density at radius 1 is 0.912 bits per heavy atom. The lowest BCUT2D eigenvalue weighted by atomic mass is 10.1. The molecule has 1 aliphatic heterocycles. The summed E-state index contributed by atoms with van der Waals surface area (Å²) < 4.78 is 0. The fraction of sp³-hybridized carbons (Fsp3) is 0.296. The van der Waals surface area contributed by atoms with Crippen molar-refractivity contribution in [3.05, 3.63) is 89.7 Å². The Hall–Kier alpha value is -3.71. The fourth-order valence-electron chi connectivity index (χ4n) is 4.30. The van der Waals surface area contributed by atoms with Crippen molar-refractivity contribution >= 4 is 23.2 Å². The smallest absolute Gasteiger partial charge is 0.313 e. The van der Waals surface area contributed by atoms with Gasteiger partial charge in [-0.2, -0.15) is 0 Å². The summed E-state index contributed by atoms with van der Waals surface area (Å²) in [5, 5.41) is 5.58. The van der Waals surface area contributed by atoms with Crippen LogP contribution in [0, 0.1) is 13.8 Å². The summed E-state index contributed by atoms with van der Waals surface area (Å²) in [7, 11) is 0. The maximum absolute atomic E-state index is 12.6. The molecule has 0 saturated carbocycles. The first kappa shape index (κ1) is 23.4. The van der Waals surface area contributed by atoms with E-state index in [9.17, 15) is 9.59 Å². The van der Waals surface area contributed by atoms with Gasteiger partial charge in [0.2, 0.25) is 0 Å². The lowest BCUT2D eigenvalue weighted by molar-refractivity contribution is -0.136. The van der Waals surface area contributed by atoms with Crippen molar-refractivity contribution < 1.29 is 9.59 Å². The van der Waals surface area contributed by atoms with Gasteiger partial charge in [0.1, 0.15) is 0 Å². The first-order chi connectivity index (χ1) is 16.5. The second-order valence-corrected chi connectivity index (χ2v) is 8.57. The van der Waals surface area contributed by atoms with E-state index in [-0.39, 0.29) is 6.04 Å². The Balaban J connectivity index is 1.39. The first-order valence-electron chi connectivity index (χ1n) is 11.6. The highest BCUT2D eigenvalue weighted by Crippen LogP contribution is 2.23. The number of piperazine rings is 1. The number of nitrogens with one attached hydrogen (secondary N) is 2. The number of carbonyl (C=O) groups is 2. The van der Waals surface area contributed by atoms with Gasteiger partial charge in [0.15, 0.2) is 0 Å². The standard InChI is InChI=1S/C27H31N5O2/c1-20-8-6-12-24(21(20)2)30-27(34)26(33)29-19-25(22-9-7-13-28-18-22)32-16-14-31(15-17-32)23-10-4-3-5-11-23/h3-13,18,25H,14-17,19H2,1-2H3,(H,29,33)(H,30,34)/t25-/m1/s1. The fourth-order valence-corrected chi connectivity index (χ4v) is 4.30. The topological polar surface area (TPSA) is 77.6 Å². The van der Waals surface area contributed by atoms with Crippen LogP contribution >= 0.6 is 0 Å². The van der Waals surface area contributed by atoms with E-state index in [0.29, 0.717) is 12.2 Å². The molecule has 1 aliphatic rings. The number of hydrogen-bond donors (Lipinski definition) is 2. The highest BCUT2D eigenvalue weighted by atomic mass is 16.2. The minimum absolute atomic E-state index is 0.0657. The van der Waals surface area contributed by atoms with Gasteiger partial charge in [0.05, 0.1) is 6.04 Å². The number of aryl methyl sites for hydroxylation is 1. The summed E-state index contributed by atoms with van der Waals surface area (Å²) in [6, 6.07) is 19.9. The van der Waals surface area contributed by atoms with Gasteiger partial charge in [0.25, 0.3) is 0 Å². The Labute approximate surface area is 200 Å². The number of benzene rings is 2. The van der Waals surface area contributed by atoms with Crippen LogP contribution in [0.15, 0.2) is 73.1 Å². The van der Waals surface area contributed by atoms with Crippen molar-refractivity contribution in [1.82, 2.24) is 15.2 Å². The van der Waals surface area contributed by atoms with E-state index < -0.39 is 11.8 Å². The molecule has 1 aromatic heterocycles. The molecular formula is C27H31N5O2. The van der Waals surface area contributed by atoms with Gasteiger partial charge in [-0.3, -0.25) is 19.5 Å². The van der Waals surface area contributed by atoms with Crippen LogP contribution in [0.4, 0.5) is 11.4 Å². The number of nitrogens with zero attached hydrogens (tertiary/aromatic N) is 3. The maximum atomic E-state index is 12.6. The van der Waals surface area contributed by atoms with Crippen LogP contribution in [0.1, 0.15) is 22.7 Å². The van der Waals surface area contributed by atoms with Crippen LogP contribution in [0.3, 0.4) is 0 Å². The molecule has 7 heteroatoms. The van der Waals surface area contributed by atoms with E-state index in [1.165, 1.54) is 5.69 Å². The third-order valence-corrected chi connectivity index (χ3v) is 6.46. The minimum Gasteiger partial charge on any atom is -0.369 e. The quantitative estimate of drug-likeness (QED) is 0.556. The number of anilines is 2. The SMILES string of the molecule is Cc1cccc(NC(=O)C(=O)NC[C@H](c2cccnc2)N2CCN(c3ccccc3)CC2)c1C. The third-order valence-electron chi connectivity index (χ3n) is 6.46. The van der Waals surface area contributed by atoms with Crippen LogP contribution < -0.4 is 15.5 Å². The zero-order valence-electron chi connectivity index (χ0n) is 19.7. The zero-order chi connectivity index (χ0) is 23.9. The second kappa shape index (κ2) is 10.9. The zero-order valence-corrected chi connectivity index (χ0v) is 19.7. The van der Waals surface area contributed by atoms with Gasteiger partial charge >= 0.3 is 11.8 Å². The van der Waals surface area contributed by atoms with Gasteiger partial charge in [-0.1, -0.05) is 36.4 Å². The predicted molar refractivity (Wildman–Crippen MR) is 135 cm³/mol. The molecular weight excluding hydrogens is 426 g/mol. The Bertz CT molecular complexity index is 1110. The van der Waals surface area contributed by atoms with E-state index >= 15 is 0 Å². The molecule has 7 nitrogen and oxygen atoms in total. The van der Waals surface area contributed by atoms with Gasteiger partial charge in [-0.05, 0) is 54.8 Å². The van der Waals surface area contributed by atoms with Crippen molar-refractivity contribution in [2.75, 3.05) is 42.9 Å². The number of para-hydroxylation sites is 1. The molecule has 0 bridgehead atoms. The van der Waals surface area contributed by atoms with E-state index in [0.717, 1.165) is 42.9 Å². The van der Waals surface area contributed by atoms with Crippen LogP contribution in [0.5, 0.6) is 0 Å². The highest BCUT2D eigenvalue weighted by Gasteiger charge is 2.27. The highest BCUT2D eigenvalue weighted by molar-refractivity contribution is 6.39. The average molecular weight is 458 g/mol. The van der Waals surface area contributed by atoms with Gasteiger partial charge in [-0.15, -0.1) is 0 Å². The molecule has 0 aliphatic carbocycles. The molecule has 0 radical (unpaired) electrons. The summed E-state index contributed by atoms with van der Waals surface area (Å²) in [6.45, 7) is 7.70. The molecule has 176 valence electrons. The van der Waals surface area contributed by atoms with Gasteiger partial charge in [0, 0.05) is 56.5 Å². The molecule has 2 aromatic carbocycles. The molecule has 0 spiro atoms. The molecule has 1 saturated heterocycles. The largest absolute Gasteiger partial charge is 0.369 e. The van der Waals surface area contributed by atoms with Crippen molar-refractivity contribution in [2.45, 2.75) is 19.9 Å². The number of rotatable bonds is 6. The van der Waals surface area contributed by atoms with Crippen molar-refractivity contribution in [1.29, 1.82) is 0 Å². The van der Waals surface area contributed by atoms with E-state index in [4.69, 9.17) is 0 Å². The number of pyridine rings is 1. The average Bonchev–Trinajstić information content (AvgIpc) is 2.88. The van der Waals surface area contributed by atoms with Crippen molar-refractivity contribution in [3.8, 4) is 0 Å². The third kappa shape index (κ3) is 5.61. The van der Waals surface area contributed by atoms with Crippen LogP contribution in [0.25, 0.3) is 0 Å². The molecule has 2 amide bonds. The molecule has 2 N–H and O–H groups in total. The summed E-state index contributed by atoms with van der Waals surface area (Å²) in [5.74, 6) is -1.30. The van der Waals surface area contributed by atoms with Crippen LogP contribution in [-0.2, 0) is 9.59 Å². The lowest BCUT2D eigenvalue weighted by Crippen LogP contribution is -2.50. The van der Waals surface area contributed by atoms with Crippen LogP contribution in [-0.4, -0.2) is 54.4 Å². The Kier molecular flexibility index (Phi) is 7.54. The van der Waals surface area contributed by atoms with Crippen LogP contribution in [0.2, 0.25) is 0 Å². The van der Waals surface area contributed by atoms with E-state index in [1.807, 2.05) is 50.4 Å². The Morgan fingerprint density at radius 2 is 1.68 bits per heavy atom. The summed E-state index contributed by atoms with van der Waals surface area (Å²) in [4.78, 5) is 34.2. The number of carbonyl (C=O) groups excluding carboxylic acids is 2. The lowest BCUT2D eigenvalue weighted by Gasteiger charge is -2.40. The van der Waals surface area contributed by atoms with E-state index in [2.05, 4.69) is 49.7 Å². The summed E-state index contributed by atoms with van der Waals surface area (Å²) in [6.07, 6.45) is 3.57. The number of hydrogen-bond acceptors (Lipinski definition) is 5. The second-order valence-electron chi connectivity index (χ2n) is 8.57.